The lowest BCUT2D eigenvalue weighted by atomic mass is 10.2. The summed E-state index contributed by atoms with van der Waals surface area (Å²) in [5.74, 6) is 0.424. The molecule has 0 saturated carbocycles. The zero-order valence-electron chi connectivity index (χ0n) is 9.14. The molecule has 0 aliphatic heterocycles. The quantitative estimate of drug-likeness (QED) is 0.729. The summed E-state index contributed by atoms with van der Waals surface area (Å²) in [5, 5.41) is 9.72. The fourth-order valence-corrected chi connectivity index (χ4v) is 2.06. The van der Waals surface area contributed by atoms with Crippen molar-refractivity contribution in [3.63, 3.8) is 0 Å². The number of imidazole rings is 1. The van der Waals surface area contributed by atoms with Crippen LogP contribution in [0.5, 0.6) is 5.75 Å². The van der Waals surface area contributed by atoms with Gasteiger partial charge in [-0.15, -0.1) is 0 Å². The van der Waals surface area contributed by atoms with Gasteiger partial charge in [0.1, 0.15) is 17.4 Å². The van der Waals surface area contributed by atoms with Gasteiger partial charge in [-0.05, 0) is 30.3 Å². The van der Waals surface area contributed by atoms with Crippen LogP contribution in [0.1, 0.15) is 0 Å². The molecule has 0 radical (unpaired) electrons. The minimum atomic E-state index is -0.302. The summed E-state index contributed by atoms with van der Waals surface area (Å²) in [4.78, 5) is 4.23. The minimum Gasteiger partial charge on any atom is -0.508 e. The summed E-state index contributed by atoms with van der Waals surface area (Å²) in [6.45, 7) is 0. The van der Waals surface area contributed by atoms with Crippen LogP contribution in [0.2, 0.25) is 5.15 Å². The molecular weight excluding hydrogens is 255 g/mol. The van der Waals surface area contributed by atoms with E-state index >= 15 is 0 Å². The number of benzene rings is 1. The molecule has 2 heterocycles. The number of hydrogen-bond acceptors (Lipinski definition) is 2. The Morgan fingerprint density at radius 3 is 2.61 bits per heavy atom. The first kappa shape index (κ1) is 11.0. The third-order valence-corrected chi connectivity index (χ3v) is 2.96. The van der Waals surface area contributed by atoms with Gasteiger partial charge in [-0.3, -0.25) is 4.40 Å². The zero-order valence-corrected chi connectivity index (χ0v) is 9.89. The normalized spacial score (nSPS) is 11.0. The smallest absolute Gasteiger partial charge is 0.155 e. The van der Waals surface area contributed by atoms with Crippen LogP contribution in [-0.4, -0.2) is 14.5 Å². The van der Waals surface area contributed by atoms with E-state index in [4.69, 9.17) is 11.6 Å². The molecule has 1 N–H and O–H groups in total. The number of hydrogen-bond donors (Lipinski definition) is 1. The van der Waals surface area contributed by atoms with E-state index in [9.17, 15) is 9.50 Å². The van der Waals surface area contributed by atoms with Gasteiger partial charge in [0.05, 0.1) is 5.52 Å². The maximum Gasteiger partial charge on any atom is 0.155 e. The third-order valence-electron chi connectivity index (χ3n) is 2.68. The van der Waals surface area contributed by atoms with Gasteiger partial charge in [-0.1, -0.05) is 11.6 Å². The number of aromatic hydroxyl groups is 1. The maximum atomic E-state index is 12.9. The number of fused-ring (bicyclic) bond motifs is 1. The van der Waals surface area contributed by atoms with Crippen LogP contribution in [0.15, 0.2) is 42.6 Å². The van der Waals surface area contributed by atoms with E-state index in [0.29, 0.717) is 16.5 Å². The van der Waals surface area contributed by atoms with Crippen LogP contribution in [0.3, 0.4) is 0 Å². The molecule has 3 rings (SSSR count). The summed E-state index contributed by atoms with van der Waals surface area (Å²) < 4.78 is 14.6. The highest BCUT2D eigenvalue weighted by atomic mass is 35.5. The summed E-state index contributed by atoms with van der Waals surface area (Å²) >= 11 is 6.01. The molecule has 3 aromatic rings. The molecule has 0 amide bonds. The maximum absolute atomic E-state index is 12.9. The highest BCUT2D eigenvalue weighted by molar-refractivity contribution is 6.33. The first-order valence-electron chi connectivity index (χ1n) is 5.27. The topological polar surface area (TPSA) is 37.5 Å². The number of nitrogens with zero attached hydrogens (tertiary/aromatic N) is 2. The molecule has 3 nitrogen and oxygen atoms in total. The van der Waals surface area contributed by atoms with Gasteiger partial charge in [0.2, 0.25) is 0 Å². The Kier molecular flexibility index (Phi) is 2.45. The van der Waals surface area contributed by atoms with Crippen molar-refractivity contribution < 1.29 is 9.50 Å². The van der Waals surface area contributed by atoms with Gasteiger partial charge in [-0.2, -0.15) is 0 Å². The Morgan fingerprint density at radius 1 is 1.17 bits per heavy atom. The standard InChI is InChI=1S/C13H8ClFN2O/c14-12-11-7-10(18)5-6-17(11)13(16-12)8-1-3-9(15)4-2-8/h1-7,18H. The van der Waals surface area contributed by atoms with Crippen LogP contribution in [0.4, 0.5) is 4.39 Å². The van der Waals surface area contributed by atoms with Crippen molar-refractivity contribution >= 4 is 17.1 Å². The fraction of sp³-hybridized carbons (Fsp3) is 0. The molecule has 5 heteroatoms. The van der Waals surface area contributed by atoms with E-state index in [2.05, 4.69) is 4.98 Å². The Labute approximate surface area is 107 Å². The third kappa shape index (κ3) is 1.71. The second-order valence-corrected chi connectivity index (χ2v) is 4.23. The van der Waals surface area contributed by atoms with Crippen LogP contribution >= 0.6 is 11.6 Å². The second-order valence-electron chi connectivity index (χ2n) is 3.87. The minimum absolute atomic E-state index is 0.120. The van der Waals surface area contributed by atoms with Crippen LogP contribution in [-0.2, 0) is 0 Å². The summed E-state index contributed by atoms with van der Waals surface area (Å²) in [7, 11) is 0. The van der Waals surface area contributed by atoms with Crippen molar-refractivity contribution in [2.45, 2.75) is 0 Å². The van der Waals surface area contributed by atoms with E-state index in [1.54, 1.807) is 22.7 Å². The first-order valence-corrected chi connectivity index (χ1v) is 5.65. The monoisotopic (exact) mass is 262 g/mol. The van der Waals surface area contributed by atoms with Crippen LogP contribution in [0.25, 0.3) is 16.9 Å². The van der Waals surface area contributed by atoms with E-state index < -0.39 is 0 Å². The fourth-order valence-electron chi connectivity index (χ4n) is 1.84. The molecule has 18 heavy (non-hydrogen) atoms. The molecule has 0 unspecified atom stereocenters. The van der Waals surface area contributed by atoms with Crippen molar-refractivity contribution in [3.8, 4) is 17.1 Å². The molecule has 2 aromatic heterocycles. The number of pyridine rings is 1. The van der Waals surface area contributed by atoms with Crippen LogP contribution in [0, 0.1) is 5.82 Å². The Bertz CT molecular complexity index is 722. The summed E-state index contributed by atoms with van der Waals surface area (Å²) in [6.07, 6.45) is 1.67. The van der Waals surface area contributed by atoms with E-state index in [-0.39, 0.29) is 11.6 Å². The van der Waals surface area contributed by atoms with Crippen molar-refractivity contribution in [1.82, 2.24) is 9.38 Å². The van der Waals surface area contributed by atoms with Gasteiger partial charge >= 0.3 is 0 Å². The first-order chi connectivity index (χ1) is 8.65. The zero-order chi connectivity index (χ0) is 12.7. The van der Waals surface area contributed by atoms with Gasteiger partial charge in [0.25, 0.3) is 0 Å². The largest absolute Gasteiger partial charge is 0.508 e. The lowest BCUT2D eigenvalue weighted by Crippen LogP contribution is -1.88. The van der Waals surface area contributed by atoms with Gasteiger partial charge in [-0.25, -0.2) is 9.37 Å². The van der Waals surface area contributed by atoms with Gasteiger partial charge in [0, 0.05) is 17.8 Å². The lowest BCUT2D eigenvalue weighted by Gasteiger charge is -2.01. The highest BCUT2D eigenvalue weighted by Crippen LogP contribution is 2.27. The molecule has 0 saturated heterocycles. The van der Waals surface area contributed by atoms with E-state index in [0.717, 1.165) is 5.56 Å². The number of halogens is 2. The molecule has 0 bridgehead atoms. The average molecular weight is 263 g/mol. The van der Waals surface area contributed by atoms with Crippen molar-refractivity contribution in [2.75, 3.05) is 0 Å². The summed E-state index contributed by atoms with van der Waals surface area (Å²) in [6, 6.07) is 9.07. The number of aromatic nitrogens is 2. The summed E-state index contributed by atoms with van der Waals surface area (Å²) in [5.41, 5.74) is 1.36. The molecule has 0 aliphatic carbocycles. The molecule has 0 atom stereocenters. The highest BCUT2D eigenvalue weighted by Gasteiger charge is 2.11. The van der Waals surface area contributed by atoms with E-state index in [1.807, 2.05) is 0 Å². The van der Waals surface area contributed by atoms with Crippen molar-refractivity contribution in [3.05, 3.63) is 53.6 Å². The van der Waals surface area contributed by atoms with Gasteiger partial charge in [0.15, 0.2) is 5.15 Å². The second kappa shape index (κ2) is 3.99. The Balaban J connectivity index is 2.26. The predicted molar refractivity (Wildman–Crippen MR) is 67.3 cm³/mol. The Morgan fingerprint density at radius 2 is 1.89 bits per heavy atom. The molecule has 0 aliphatic rings. The Hall–Kier alpha value is -2.07. The molecule has 90 valence electrons. The molecule has 0 fully saturated rings. The average Bonchev–Trinajstić information content (AvgIpc) is 2.68. The van der Waals surface area contributed by atoms with Crippen molar-refractivity contribution in [1.29, 1.82) is 0 Å². The molecule has 0 spiro atoms. The SMILES string of the molecule is Oc1ccn2c(-c3ccc(F)cc3)nc(Cl)c2c1. The van der Waals surface area contributed by atoms with Crippen LogP contribution < -0.4 is 0 Å². The number of rotatable bonds is 1. The lowest BCUT2D eigenvalue weighted by molar-refractivity contribution is 0.475. The van der Waals surface area contributed by atoms with Crippen molar-refractivity contribution in [2.24, 2.45) is 0 Å². The van der Waals surface area contributed by atoms with E-state index in [1.165, 1.54) is 24.3 Å². The molecular formula is C13H8ClFN2O. The predicted octanol–water partition coefficient (Wildman–Crippen LogP) is 3.50. The van der Waals surface area contributed by atoms with Gasteiger partial charge < -0.3 is 5.11 Å². The molecule has 1 aromatic carbocycles.